The van der Waals surface area contributed by atoms with E-state index >= 15 is 0 Å². The molecule has 1 amide bonds. The van der Waals surface area contributed by atoms with Crippen LogP contribution < -0.4 is 10.0 Å². The van der Waals surface area contributed by atoms with Gasteiger partial charge in [-0.1, -0.05) is 6.07 Å². The number of sulfonamides is 1. The first-order chi connectivity index (χ1) is 14.3. The van der Waals surface area contributed by atoms with Gasteiger partial charge in [-0.25, -0.2) is 13.1 Å². The maximum Gasteiger partial charge on any atom is 0.255 e. The van der Waals surface area contributed by atoms with Gasteiger partial charge in [-0.05, 0) is 67.9 Å². The number of fused-ring (bicyclic) bond motifs is 1. The van der Waals surface area contributed by atoms with E-state index in [-0.39, 0.29) is 17.3 Å². The molecule has 0 aliphatic rings. The largest absolute Gasteiger partial charge is 0.468 e. The Morgan fingerprint density at radius 1 is 1.07 bits per heavy atom. The third-order valence-corrected chi connectivity index (χ3v) is 6.39. The summed E-state index contributed by atoms with van der Waals surface area (Å²) < 4.78 is 32.7. The first kappa shape index (κ1) is 19.9. The van der Waals surface area contributed by atoms with Crippen molar-refractivity contribution < 1.29 is 17.6 Å². The molecule has 0 radical (unpaired) electrons. The number of aromatic amines is 1. The van der Waals surface area contributed by atoms with Crippen LogP contribution in [0.15, 0.2) is 70.2 Å². The third-order valence-electron chi connectivity index (χ3n) is 4.99. The molecule has 8 heteroatoms. The minimum absolute atomic E-state index is 0.0430. The highest BCUT2D eigenvalue weighted by molar-refractivity contribution is 7.89. The van der Waals surface area contributed by atoms with Gasteiger partial charge < -0.3 is 14.7 Å². The van der Waals surface area contributed by atoms with Crippen molar-refractivity contribution in [3.05, 3.63) is 83.4 Å². The highest BCUT2D eigenvalue weighted by atomic mass is 32.2. The predicted molar refractivity (Wildman–Crippen MR) is 115 cm³/mol. The summed E-state index contributed by atoms with van der Waals surface area (Å²) in [5, 5.41) is 3.76. The van der Waals surface area contributed by atoms with Crippen LogP contribution in [0.25, 0.3) is 10.9 Å². The molecule has 2 heterocycles. The average Bonchev–Trinajstić information content (AvgIpc) is 3.35. The molecule has 3 N–H and O–H groups in total. The predicted octanol–water partition coefficient (Wildman–Crippen LogP) is 4.11. The van der Waals surface area contributed by atoms with Crippen LogP contribution in [0.5, 0.6) is 0 Å². The maximum atomic E-state index is 12.7. The number of hydrogen-bond donors (Lipinski definition) is 3. The second-order valence-electron chi connectivity index (χ2n) is 7.02. The van der Waals surface area contributed by atoms with E-state index in [0.717, 1.165) is 22.2 Å². The Hall–Kier alpha value is -3.36. The van der Waals surface area contributed by atoms with Gasteiger partial charge in [0.25, 0.3) is 5.91 Å². The van der Waals surface area contributed by atoms with Gasteiger partial charge in [0, 0.05) is 27.8 Å². The van der Waals surface area contributed by atoms with Crippen molar-refractivity contribution in [2.75, 3.05) is 5.32 Å². The van der Waals surface area contributed by atoms with Gasteiger partial charge in [0.2, 0.25) is 10.0 Å². The van der Waals surface area contributed by atoms with Crippen molar-refractivity contribution in [3.63, 3.8) is 0 Å². The molecule has 2 aromatic carbocycles. The Labute approximate surface area is 174 Å². The number of nitrogens with one attached hydrogen (secondary N) is 3. The molecule has 0 atom stereocenters. The highest BCUT2D eigenvalue weighted by Crippen LogP contribution is 2.23. The molecule has 154 valence electrons. The van der Waals surface area contributed by atoms with Crippen molar-refractivity contribution in [3.8, 4) is 0 Å². The van der Waals surface area contributed by atoms with E-state index in [4.69, 9.17) is 4.42 Å². The van der Waals surface area contributed by atoms with E-state index in [1.165, 1.54) is 18.4 Å². The summed E-state index contributed by atoms with van der Waals surface area (Å²) in [4.78, 5) is 16.1. The molecule has 4 aromatic rings. The van der Waals surface area contributed by atoms with E-state index < -0.39 is 10.0 Å². The zero-order valence-electron chi connectivity index (χ0n) is 16.5. The van der Waals surface area contributed by atoms with Crippen molar-refractivity contribution in [2.45, 2.75) is 25.3 Å². The third kappa shape index (κ3) is 4.00. The van der Waals surface area contributed by atoms with Crippen LogP contribution in [0.3, 0.4) is 0 Å². The number of rotatable bonds is 6. The van der Waals surface area contributed by atoms with Crippen LogP contribution in [-0.4, -0.2) is 19.3 Å². The van der Waals surface area contributed by atoms with Crippen LogP contribution in [0.1, 0.15) is 27.4 Å². The molecule has 0 aliphatic carbocycles. The van der Waals surface area contributed by atoms with Crippen molar-refractivity contribution in [1.82, 2.24) is 9.71 Å². The number of furan rings is 1. The van der Waals surface area contributed by atoms with Gasteiger partial charge in [-0.15, -0.1) is 0 Å². The summed E-state index contributed by atoms with van der Waals surface area (Å²) >= 11 is 0. The standard InChI is InChI=1S/C22H21N3O4S/c1-14-15(2)24-21-9-8-16(11-20(14)21)22(26)25-17-5-3-7-19(12-17)30(27,28)23-13-18-6-4-10-29-18/h3-12,23-24H,13H2,1-2H3,(H,25,26). The molecular formula is C22H21N3O4S. The number of carbonyl (C=O) groups is 1. The number of anilines is 1. The SMILES string of the molecule is Cc1[nH]c2ccc(C(=O)Nc3cccc(S(=O)(=O)NCc4ccco4)c3)cc2c1C. The van der Waals surface area contributed by atoms with E-state index in [1.807, 2.05) is 26.0 Å². The molecule has 7 nitrogen and oxygen atoms in total. The summed E-state index contributed by atoms with van der Waals surface area (Å²) in [7, 11) is -3.76. The van der Waals surface area contributed by atoms with Gasteiger partial charge in [-0.3, -0.25) is 4.79 Å². The number of benzene rings is 2. The molecule has 0 unspecified atom stereocenters. The zero-order chi connectivity index (χ0) is 21.3. The second kappa shape index (κ2) is 7.81. The lowest BCUT2D eigenvalue weighted by molar-refractivity contribution is 0.102. The number of amides is 1. The molecular weight excluding hydrogens is 402 g/mol. The van der Waals surface area contributed by atoms with Crippen LogP contribution in [0.4, 0.5) is 5.69 Å². The van der Waals surface area contributed by atoms with E-state index in [1.54, 1.807) is 30.3 Å². The first-order valence-electron chi connectivity index (χ1n) is 9.36. The van der Waals surface area contributed by atoms with Gasteiger partial charge >= 0.3 is 0 Å². The van der Waals surface area contributed by atoms with E-state index in [0.29, 0.717) is 17.0 Å². The Morgan fingerprint density at radius 2 is 1.90 bits per heavy atom. The summed E-state index contributed by atoms with van der Waals surface area (Å²) in [6.07, 6.45) is 1.48. The molecule has 0 bridgehead atoms. The molecule has 2 aromatic heterocycles. The smallest absolute Gasteiger partial charge is 0.255 e. The summed E-state index contributed by atoms with van der Waals surface area (Å²) in [5.74, 6) is 0.196. The molecule has 0 spiro atoms. The van der Waals surface area contributed by atoms with Crippen molar-refractivity contribution in [1.29, 1.82) is 0 Å². The van der Waals surface area contributed by atoms with Crippen LogP contribution >= 0.6 is 0 Å². The van der Waals surface area contributed by atoms with Crippen LogP contribution in [0.2, 0.25) is 0 Å². The Balaban J connectivity index is 1.52. The lowest BCUT2D eigenvalue weighted by Crippen LogP contribution is -2.23. The first-order valence-corrected chi connectivity index (χ1v) is 10.8. The second-order valence-corrected chi connectivity index (χ2v) is 8.79. The topological polar surface area (TPSA) is 104 Å². The Morgan fingerprint density at radius 3 is 2.67 bits per heavy atom. The van der Waals surface area contributed by atoms with Crippen LogP contribution in [0, 0.1) is 13.8 Å². The molecule has 4 rings (SSSR count). The minimum atomic E-state index is -3.76. The number of aromatic nitrogens is 1. The molecule has 0 fully saturated rings. The van der Waals surface area contributed by atoms with Crippen LogP contribution in [-0.2, 0) is 16.6 Å². The fraction of sp³-hybridized carbons (Fsp3) is 0.136. The highest BCUT2D eigenvalue weighted by Gasteiger charge is 2.16. The summed E-state index contributed by atoms with van der Waals surface area (Å²) in [5.41, 5.74) is 4.01. The zero-order valence-corrected chi connectivity index (χ0v) is 17.3. The maximum absolute atomic E-state index is 12.7. The Bertz CT molecular complexity index is 1320. The fourth-order valence-corrected chi connectivity index (χ4v) is 4.25. The van der Waals surface area contributed by atoms with Crippen molar-refractivity contribution >= 4 is 32.5 Å². The Kier molecular flexibility index (Phi) is 5.19. The average molecular weight is 423 g/mol. The molecule has 0 aliphatic heterocycles. The van der Waals surface area contributed by atoms with E-state index in [2.05, 4.69) is 15.0 Å². The molecule has 0 saturated carbocycles. The summed E-state index contributed by atoms with van der Waals surface area (Å²) in [6, 6.07) is 14.9. The normalized spacial score (nSPS) is 11.7. The van der Waals surface area contributed by atoms with Gasteiger partial charge in [-0.2, -0.15) is 0 Å². The minimum Gasteiger partial charge on any atom is -0.468 e. The van der Waals surface area contributed by atoms with Crippen molar-refractivity contribution in [2.24, 2.45) is 0 Å². The van der Waals surface area contributed by atoms with Gasteiger partial charge in [0.15, 0.2) is 0 Å². The lowest BCUT2D eigenvalue weighted by atomic mass is 10.1. The number of hydrogen-bond acceptors (Lipinski definition) is 4. The quantitative estimate of drug-likeness (QED) is 0.434. The number of aryl methyl sites for hydroxylation is 2. The molecule has 0 saturated heterocycles. The van der Waals surface area contributed by atoms with E-state index in [9.17, 15) is 13.2 Å². The monoisotopic (exact) mass is 423 g/mol. The number of carbonyl (C=O) groups excluding carboxylic acids is 1. The fourth-order valence-electron chi connectivity index (χ4n) is 3.21. The summed E-state index contributed by atoms with van der Waals surface area (Å²) in [6.45, 7) is 4.03. The number of H-pyrrole nitrogens is 1. The lowest BCUT2D eigenvalue weighted by Gasteiger charge is -2.09. The molecule has 30 heavy (non-hydrogen) atoms. The van der Waals surface area contributed by atoms with Gasteiger partial charge in [0.1, 0.15) is 5.76 Å². The van der Waals surface area contributed by atoms with Gasteiger partial charge in [0.05, 0.1) is 17.7 Å².